The van der Waals surface area contributed by atoms with Crippen molar-refractivity contribution in [3.05, 3.63) is 47.4 Å². The topological polar surface area (TPSA) is 105 Å². The van der Waals surface area contributed by atoms with Crippen molar-refractivity contribution in [3.63, 3.8) is 0 Å². The molecule has 6 rings (SSSR count). The Morgan fingerprint density at radius 3 is 2.91 bits per heavy atom. The first kappa shape index (κ1) is 21.3. The van der Waals surface area contributed by atoms with Crippen LogP contribution in [0.1, 0.15) is 42.3 Å². The average Bonchev–Trinajstić information content (AvgIpc) is 3.58. The molecule has 1 atom stereocenters. The smallest absolute Gasteiger partial charge is 0.231 e. The second-order valence-electron chi connectivity index (χ2n) is 9.50. The molecule has 0 amide bonds. The maximum atomic E-state index is 5.65. The van der Waals surface area contributed by atoms with Gasteiger partial charge >= 0.3 is 0 Å². The second kappa shape index (κ2) is 8.52. The van der Waals surface area contributed by atoms with E-state index in [1.165, 1.54) is 19.3 Å². The third kappa shape index (κ3) is 3.76. The van der Waals surface area contributed by atoms with E-state index in [2.05, 4.69) is 31.9 Å². The number of rotatable bonds is 7. The molecule has 0 radical (unpaired) electrons. The predicted molar refractivity (Wildman–Crippen MR) is 121 cm³/mol. The van der Waals surface area contributed by atoms with Crippen LogP contribution in [0.4, 0.5) is 0 Å². The summed E-state index contributed by atoms with van der Waals surface area (Å²) in [7, 11) is 1.63. The molecule has 178 valence electrons. The molecule has 1 N–H and O–H groups in total. The van der Waals surface area contributed by atoms with Crippen molar-refractivity contribution in [3.8, 4) is 23.1 Å². The summed E-state index contributed by atoms with van der Waals surface area (Å²) in [6.45, 7) is 4.87. The lowest BCUT2D eigenvalue weighted by atomic mass is 9.61. The lowest BCUT2D eigenvalue weighted by molar-refractivity contribution is 0.0370. The number of benzene rings is 1. The number of tetrazole rings is 1. The second-order valence-corrected chi connectivity index (χ2v) is 9.50. The van der Waals surface area contributed by atoms with Crippen LogP contribution in [0.15, 0.2) is 30.5 Å². The van der Waals surface area contributed by atoms with Gasteiger partial charge in [-0.15, -0.1) is 5.10 Å². The molecule has 3 aliphatic rings. The number of hydrogen-bond donors (Lipinski definition) is 1. The minimum atomic E-state index is -0.242. The summed E-state index contributed by atoms with van der Waals surface area (Å²) in [6, 6.07) is 7.54. The highest BCUT2D eigenvalue weighted by molar-refractivity contribution is 5.50. The zero-order valence-electron chi connectivity index (χ0n) is 19.4. The fourth-order valence-electron chi connectivity index (χ4n) is 5.45. The minimum absolute atomic E-state index is 0.218. The zero-order chi connectivity index (χ0) is 23.1. The first-order chi connectivity index (χ1) is 16.6. The van der Waals surface area contributed by atoms with E-state index in [4.69, 9.17) is 18.9 Å². The number of nitrogens with one attached hydrogen (secondary N) is 1. The van der Waals surface area contributed by atoms with Gasteiger partial charge in [-0.2, -0.15) is 4.68 Å². The van der Waals surface area contributed by atoms with Crippen LogP contribution in [-0.4, -0.2) is 58.9 Å². The zero-order valence-corrected chi connectivity index (χ0v) is 19.4. The van der Waals surface area contributed by atoms with Crippen LogP contribution in [0.5, 0.6) is 17.4 Å². The summed E-state index contributed by atoms with van der Waals surface area (Å²) in [5, 5.41) is 16.4. The third-order valence-electron chi connectivity index (χ3n) is 7.17. The van der Waals surface area contributed by atoms with Gasteiger partial charge in [-0.25, -0.2) is 4.98 Å². The van der Waals surface area contributed by atoms with Gasteiger partial charge < -0.3 is 24.3 Å². The number of nitrogens with zero attached hydrogens (tertiary/aromatic N) is 5. The molecule has 1 aromatic carbocycles. The van der Waals surface area contributed by atoms with Crippen molar-refractivity contribution in [1.82, 2.24) is 30.5 Å². The Labute approximate surface area is 197 Å². The molecule has 10 heteroatoms. The van der Waals surface area contributed by atoms with Gasteiger partial charge in [0.05, 0.1) is 25.4 Å². The molecule has 1 saturated heterocycles. The number of methoxy groups -OCH3 is 1. The molecular formula is C24H28N6O4. The number of pyridine rings is 1. The number of aryl methyl sites for hydroxylation is 1. The lowest BCUT2D eigenvalue weighted by Gasteiger charge is -2.44. The average molecular weight is 465 g/mol. The fourth-order valence-corrected chi connectivity index (χ4v) is 5.45. The fraction of sp³-hybridized carbons (Fsp3) is 0.500. The Balaban J connectivity index is 1.29. The molecule has 34 heavy (non-hydrogen) atoms. The summed E-state index contributed by atoms with van der Waals surface area (Å²) < 4.78 is 23.8. The molecule has 1 aliphatic carbocycles. The standard InChI is InChI=1S/C24H28N6O4/c1-15-7-17(12-26-23(15)31-2)21(25-11-16-9-24(10-16)5-6-32-13-24)22-27-28-29-30(22)18-3-4-19-20(8-18)34-14-33-19/h3-4,7-8,12,16,21,25H,5-6,9-11,13-14H2,1-2H3. The molecule has 2 aromatic heterocycles. The van der Waals surface area contributed by atoms with E-state index in [-0.39, 0.29) is 12.8 Å². The van der Waals surface area contributed by atoms with E-state index in [1.807, 2.05) is 31.3 Å². The van der Waals surface area contributed by atoms with Crippen molar-refractivity contribution in [2.45, 2.75) is 32.2 Å². The van der Waals surface area contributed by atoms with Crippen LogP contribution in [-0.2, 0) is 4.74 Å². The van der Waals surface area contributed by atoms with Gasteiger partial charge in [0, 0.05) is 24.4 Å². The van der Waals surface area contributed by atoms with Gasteiger partial charge in [0.2, 0.25) is 12.7 Å². The molecule has 3 aromatic rings. The summed E-state index contributed by atoms with van der Waals surface area (Å²) in [4.78, 5) is 4.50. The van der Waals surface area contributed by atoms with E-state index >= 15 is 0 Å². The Bertz CT molecular complexity index is 1180. The lowest BCUT2D eigenvalue weighted by Crippen LogP contribution is -2.43. The van der Waals surface area contributed by atoms with Crippen molar-refractivity contribution >= 4 is 0 Å². The van der Waals surface area contributed by atoms with Crippen LogP contribution in [0.25, 0.3) is 5.69 Å². The van der Waals surface area contributed by atoms with Gasteiger partial charge in [0.15, 0.2) is 17.3 Å². The van der Waals surface area contributed by atoms with Crippen LogP contribution in [0, 0.1) is 18.3 Å². The highest BCUT2D eigenvalue weighted by atomic mass is 16.7. The van der Waals surface area contributed by atoms with Gasteiger partial charge in [0.25, 0.3) is 0 Å². The van der Waals surface area contributed by atoms with E-state index in [9.17, 15) is 0 Å². The molecular weight excluding hydrogens is 436 g/mol. The predicted octanol–water partition coefficient (Wildman–Crippen LogP) is 2.60. The van der Waals surface area contributed by atoms with Crippen LogP contribution in [0.3, 0.4) is 0 Å². The molecule has 2 fully saturated rings. The van der Waals surface area contributed by atoms with Crippen molar-refractivity contribution in [2.75, 3.05) is 33.7 Å². The number of fused-ring (bicyclic) bond motifs is 1. The van der Waals surface area contributed by atoms with E-state index < -0.39 is 0 Å². The highest BCUT2D eigenvalue weighted by Crippen LogP contribution is 2.51. The molecule has 1 saturated carbocycles. The normalized spacial score (nSPS) is 23.8. The summed E-state index contributed by atoms with van der Waals surface area (Å²) >= 11 is 0. The van der Waals surface area contributed by atoms with Gasteiger partial charge in [-0.05, 0) is 78.3 Å². The molecule has 2 aliphatic heterocycles. The summed E-state index contributed by atoms with van der Waals surface area (Å²) in [5.74, 6) is 3.30. The van der Waals surface area contributed by atoms with Gasteiger partial charge in [0.1, 0.15) is 0 Å². The summed E-state index contributed by atoms with van der Waals surface area (Å²) in [5.41, 5.74) is 3.14. The number of aromatic nitrogens is 5. The molecule has 0 bridgehead atoms. The van der Waals surface area contributed by atoms with Crippen molar-refractivity contribution in [2.24, 2.45) is 11.3 Å². The molecule has 1 spiro atoms. The van der Waals surface area contributed by atoms with E-state index in [0.29, 0.717) is 28.8 Å². The Hall–Kier alpha value is -3.24. The highest BCUT2D eigenvalue weighted by Gasteiger charge is 2.46. The third-order valence-corrected chi connectivity index (χ3v) is 7.17. The number of hydrogen-bond acceptors (Lipinski definition) is 9. The van der Waals surface area contributed by atoms with Crippen molar-refractivity contribution < 1.29 is 18.9 Å². The van der Waals surface area contributed by atoms with Crippen LogP contribution in [0.2, 0.25) is 0 Å². The SMILES string of the molecule is COc1ncc(C(NCC2CC3(CCOC3)C2)c2nnnn2-c2ccc3c(c2)OCO3)cc1C. The molecule has 1 unspecified atom stereocenters. The van der Waals surface area contributed by atoms with E-state index in [1.54, 1.807) is 11.8 Å². The molecule has 4 heterocycles. The number of ether oxygens (including phenoxy) is 4. The van der Waals surface area contributed by atoms with Gasteiger partial charge in [-0.1, -0.05) is 0 Å². The van der Waals surface area contributed by atoms with Crippen molar-refractivity contribution in [1.29, 1.82) is 0 Å². The van der Waals surface area contributed by atoms with Crippen LogP contribution >= 0.6 is 0 Å². The molecule has 10 nitrogen and oxygen atoms in total. The first-order valence-corrected chi connectivity index (χ1v) is 11.6. The maximum absolute atomic E-state index is 5.65. The Morgan fingerprint density at radius 1 is 1.24 bits per heavy atom. The maximum Gasteiger partial charge on any atom is 0.231 e. The Kier molecular flexibility index (Phi) is 5.34. The van der Waals surface area contributed by atoms with Gasteiger partial charge in [-0.3, -0.25) is 0 Å². The quantitative estimate of drug-likeness (QED) is 0.565. The monoisotopic (exact) mass is 464 g/mol. The van der Waals surface area contributed by atoms with E-state index in [0.717, 1.165) is 42.3 Å². The minimum Gasteiger partial charge on any atom is -0.481 e. The van der Waals surface area contributed by atoms with Crippen LogP contribution < -0.4 is 19.5 Å². The first-order valence-electron chi connectivity index (χ1n) is 11.6. The Morgan fingerprint density at radius 2 is 2.12 bits per heavy atom. The largest absolute Gasteiger partial charge is 0.481 e. The summed E-state index contributed by atoms with van der Waals surface area (Å²) in [6.07, 6.45) is 5.39.